The lowest BCUT2D eigenvalue weighted by atomic mass is 9.96. The summed E-state index contributed by atoms with van der Waals surface area (Å²) in [6.45, 7) is 1.77. The maximum Gasteiger partial charge on any atom is 0.338 e. The third-order valence-electron chi connectivity index (χ3n) is 6.14. The van der Waals surface area contributed by atoms with E-state index in [1.807, 2.05) is 42.5 Å². The predicted octanol–water partition coefficient (Wildman–Crippen LogP) is 4.89. The summed E-state index contributed by atoms with van der Waals surface area (Å²) in [5.74, 6) is -0.393. The first-order valence-corrected chi connectivity index (χ1v) is 13.3. The molecule has 0 saturated carbocycles. The molecular formula is C29H22BrFN2O4S. The molecule has 0 fully saturated rings. The van der Waals surface area contributed by atoms with Crippen LogP contribution in [-0.4, -0.2) is 17.6 Å². The number of esters is 1. The van der Waals surface area contributed by atoms with Gasteiger partial charge in [0, 0.05) is 15.6 Å². The third kappa shape index (κ3) is 4.99. The number of allylic oxidation sites excluding steroid dienone is 1. The molecule has 1 atom stereocenters. The van der Waals surface area contributed by atoms with E-state index in [-0.39, 0.29) is 18.0 Å². The number of hydrogen-bond acceptors (Lipinski definition) is 6. The molecule has 0 amide bonds. The molecule has 4 aromatic rings. The Morgan fingerprint density at radius 1 is 1.13 bits per heavy atom. The van der Waals surface area contributed by atoms with Gasteiger partial charge in [-0.15, -0.1) is 0 Å². The van der Waals surface area contributed by atoms with E-state index in [0.29, 0.717) is 37.5 Å². The van der Waals surface area contributed by atoms with Crippen molar-refractivity contribution in [3.63, 3.8) is 0 Å². The monoisotopic (exact) mass is 592 g/mol. The fourth-order valence-electron chi connectivity index (χ4n) is 4.32. The second kappa shape index (κ2) is 10.9. The lowest BCUT2D eigenvalue weighted by Crippen LogP contribution is -2.39. The highest BCUT2D eigenvalue weighted by molar-refractivity contribution is 9.10. The van der Waals surface area contributed by atoms with Crippen LogP contribution in [0.3, 0.4) is 0 Å². The van der Waals surface area contributed by atoms with E-state index in [1.54, 1.807) is 37.3 Å². The van der Waals surface area contributed by atoms with Crippen LogP contribution < -0.4 is 19.6 Å². The van der Waals surface area contributed by atoms with Crippen LogP contribution in [0.4, 0.5) is 4.39 Å². The van der Waals surface area contributed by atoms with Gasteiger partial charge in [0.2, 0.25) is 0 Å². The van der Waals surface area contributed by atoms with Gasteiger partial charge in [0.1, 0.15) is 18.2 Å². The van der Waals surface area contributed by atoms with Gasteiger partial charge < -0.3 is 9.47 Å². The number of benzene rings is 3. The number of carbonyl (C=O) groups excluding carboxylic acids is 1. The molecule has 0 N–H and O–H groups in total. The van der Waals surface area contributed by atoms with Gasteiger partial charge in [0.05, 0.1) is 29.0 Å². The molecule has 9 heteroatoms. The molecule has 0 bridgehead atoms. The summed E-state index contributed by atoms with van der Waals surface area (Å²) in [4.78, 5) is 31.6. The minimum absolute atomic E-state index is 0.0338. The summed E-state index contributed by atoms with van der Waals surface area (Å²) < 4.78 is 27.9. The first-order valence-electron chi connectivity index (χ1n) is 11.7. The lowest BCUT2D eigenvalue weighted by Gasteiger charge is -2.24. The average molecular weight is 593 g/mol. The molecule has 1 unspecified atom stereocenters. The van der Waals surface area contributed by atoms with E-state index < -0.39 is 12.0 Å². The minimum atomic E-state index is -0.679. The molecule has 1 aliphatic rings. The van der Waals surface area contributed by atoms with Crippen molar-refractivity contribution in [2.75, 3.05) is 7.11 Å². The van der Waals surface area contributed by atoms with Gasteiger partial charge in [-0.1, -0.05) is 75.8 Å². The zero-order valence-corrected chi connectivity index (χ0v) is 22.9. The van der Waals surface area contributed by atoms with Crippen LogP contribution in [0.5, 0.6) is 5.75 Å². The average Bonchev–Trinajstić information content (AvgIpc) is 3.22. The van der Waals surface area contributed by atoms with Crippen molar-refractivity contribution in [3.8, 4) is 5.75 Å². The molecular weight excluding hydrogens is 571 g/mol. The largest absolute Gasteiger partial charge is 0.488 e. The van der Waals surface area contributed by atoms with Gasteiger partial charge in [0.15, 0.2) is 4.80 Å². The fourth-order valence-corrected chi connectivity index (χ4v) is 5.74. The maximum absolute atomic E-state index is 14.1. The molecule has 192 valence electrons. The highest BCUT2D eigenvalue weighted by Gasteiger charge is 2.32. The number of halogens is 2. The third-order valence-corrected chi connectivity index (χ3v) is 7.62. The van der Waals surface area contributed by atoms with E-state index in [1.165, 1.54) is 29.1 Å². The van der Waals surface area contributed by atoms with E-state index >= 15 is 0 Å². The van der Waals surface area contributed by atoms with Gasteiger partial charge in [-0.3, -0.25) is 9.36 Å². The normalized spacial score (nSPS) is 15.2. The quantitative estimate of drug-likeness (QED) is 0.299. The molecule has 5 rings (SSSR count). The lowest BCUT2D eigenvalue weighted by molar-refractivity contribution is -0.136. The number of ether oxygens (including phenoxy) is 2. The van der Waals surface area contributed by atoms with Crippen molar-refractivity contribution in [2.45, 2.75) is 19.6 Å². The van der Waals surface area contributed by atoms with Crippen LogP contribution in [0.15, 0.2) is 98.3 Å². The number of hydrogen-bond donors (Lipinski definition) is 0. The number of thiazole rings is 1. The number of rotatable bonds is 6. The number of nitrogens with zero attached hydrogens (tertiary/aromatic N) is 2. The van der Waals surface area contributed by atoms with Crippen molar-refractivity contribution in [1.82, 2.24) is 4.57 Å². The molecule has 0 radical (unpaired) electrons. The van der Waals surface area contributed by atoms with Gasteiger partial charge in [0.25, 0.3) is 5.56 Å². The Bertz CT molecular complexity index is 1740. The Balaban J connectivity index is 1.62. The Hall–Kier alpha value is -3.82. The van der Waals surface area contributed by atoms with Gasteiger partial charge in [-0.25, -0.2) is 14.2 Å². The van der Waals surface area contributed by atoms with E-state index in [0.717, 1.165) is 10.0 Å². The van der Waals surface area contributed by atoms with Crippen LogP contribution in [-0.2, 0) is 16.1 Å². The summed E-state index contributed by atoms with van der Waals surface area (Å²) in [6.07, 6.45) is 1.73. The molecule has 0 saturated heterocycles. The standard InChI is InChI=1S/C29H22BrFN2O4S/c1-17-25(28(35)36-2)26(18-8-4-3-5-9-18)33-27(34)24(38-29(33)32-17)15-20-14-21(30)12-13-23(20)37-16-19-10-6-7-11-22(19)31/h3-15,26H,16H2,1-2H3. The first-order chi connectivity index (χ1) is 18.4. The zero-order valence-electron chi connectivity index (χ0n) is 20.5. The number of fused-ring (bicyclic) bond motifs is 1. The smallest absolute Gasteiger partial charge is 0.338 e. The van der Waals surface area contributed by atoms with Crippen LogP contribution in [0.2, 0.25) is 0 Å². The van der Waals surface area contributed by atoms with Crippen molar-refractivity contribution in [1.29, 1.82) is 0 Å². The Labute approximate surface area is 230 Å². The molecule has 1 aliphatic heterocycles. The van der Waals surface area contributed by atoms with E-state index in [4.69, 9.17) is 9.47 Å². The summed E-state index contributed by atoms with van der Waals surface area (Å²) in [6, 6.07) is 20.5. The second-order valence-corrected chi connectivity index (χ2v) is 10.5. The van der Waals surface area contributed by atoms with Crippen molar-refractivity contribution < 1.29 is 18.7 Å². The van der Waals surface area contributed by atoms with Gasteiger partial charge >= 0.3 is 5.97 Å². The molecule has 0 spiro atoms. The topological polar surface area (TPSA) is 69.9 Å². The van der Waals surface area contributed by atoms with Crippen LogP contribution >= 0.6 is 27.3 Å². The van der Waals surface area contributed by atoms with Crippen molar-refractivity contribution in [2.24, 2.45) is 4.99 Å². The van der Waals surface area contributed by atoms with Crippen LogP contribution in [0.25, 0.3) is 6.08 Å². The summed E-state index contributed by atoms with van der Waals surface area (Å²) in [7, 11) is 1.31. The van der Waals surface area contributed by atoms with Gasteiger partial charge in [-0.05, 0) is 42.8 Å². The molecule has 1 aromatic heterocycles. The highest BCUT2D eigenvalue weighted by Crippen LogP contribution is 2.30. The minimum Gasteiger partial charge on any atom is -0.488 e. The predicted molar refractivity (Wildman–Crippen MR) is 147 cm³/mol. The second-order valence-electron chi connectivity index (χ2n) is 8.55. The molecule has 3 aromatic carbocycles. The SMILES string of the molecule is COC(=O)C1=C(C)N=c2sc(=Cc3cc(Br)ccc3OCc3ccccc3F)c(=O)n2C1c1ccccc1. The van der Waals surface area contributed by atoms with E-state index in [9.17, 15) is 14.0 Å². The number of carbonyl (C=O) groups is 1. The van der Waals surface area contributed by atoms with Crippen molar-refractivity contribution >= 4 is 39.3 Å². The maximum atomic E-state index is 14.1. The Kier molecular flexibility index (Phi) is 7.40. The summed E-state index contributed by atoms with van der Waals surface area (Å²) in [5.41, 5.74) is 2.35. The summed E-state index contributed by atoms with van der Waals surface area (Å²) in [5, 5.41) is 0. The van der Waals surface area contributed by atoms with Crippen LogP contribution in [0, 0.1) is 5.82 Å². The Morgan fingerprint density at radius 3 is 2.61 bits per heavy atom. The van der Waals surface area contributed by atoms with Crippen molar-refractivity contribution in [3.05, 3.63) is 131 Å². The van der Waals surface area contributed by atoms with E-state index in [2.05, 4.69) is 20.9 Å². The molecule has 6 nitrogen and oxygen atoms in total. The van der Waals surface area contributed by atoms with Crippen LogP contribution in [0.1, 0.15) is 29.7 Å². The first kappa shape index (κ1) is 25.8. The molecule has 2 heterocycles. The Morgan fingerprint density at radius 2 is 1.87 bits per heavy atom. The number of methoxy groups -OCH3 is 1. The molecule has 0 aliphatic carbocycles. The molecule has 38 heavy (non-hydrogen) atoms. The fraction of sp³-hybridized carbons (Fsp3) is 0.138. The highest BCUT2D eigenvalue weighted by atomic mass is 79.9. The van der Waals surface area contributed by atoms with Gasteiger partial charge in [-0.2, -0.15) is 0 Å². The number of aromatic nitrogens is 1. The zero-order chi connectivity index (χ0) is 26.8. The summed E-state index contributed by atoms with van der Waals surface area (Å²) >= 11 is 4.70.